The van der Waals surface area contributed by atoms with E-state index in [1.54, 1.807) is 11.8 Å². The van der Waals surface area contributed by atoms with Gasteiger partial charge in [-0.3, -0.25) is 4.79 Å². The lowest BCUT2D eigenvalue weighted by Gasteiger charge is -2.16. The van der Waals surface area contributed by atoms with Crippen molar-refractivity contribution in [1.82, 2.24) is 20.1 Å². The number of nitrogens with one attached hydrogen (secondary N) is 1. The second-order valence-corrected chi connectivity index (χ2v) is 6.85. The first kappa shape index (κ1) is 14.9. The molecule has 0 radical (unpaired) electrons. The first-order valence-electron chi connectivity index (χ1n) is 8.05. The molecule has 1 amide bonds. The summed E-state index contributed by atoms with van der Waals surface area (Å²) in [6.07, 6.45) is 11.2. The van der Waals surface area contributed by atoms with Gasteiger partial charge in [0.25, 0.3) is 0 Å². The summed E-state index contributed by atoms with van der Waals surface area (Å²) in [6.45, 7) is 0.751. The Bertz CT molecular complexity index is 492. The Morgan fingerprint density at radius 3 is 2.71 bits per heavy atom. The lowest BCUT2D eigenvalue weighted by atomic mass is 10.2. The Labute approximate surface area is 130 Å². The van der Waals surface area contributed by atoms with E-state index in [2.05, 4.69) is 26.3 Å². The maximum atomic E-state index is 11.6. The Hall–Kier alpha value is -1.04. The predicted octanol–water partition coefficient (Wildman–Crippen LogP) is 2.57. The third-order valence-electron chi connectivity index (χ3n) is 4.43. The van der Waals surface area contributed by atoms with Gasteiger partial charge in [-0.2, -0.15) is 0 Å². The van der Waals surface area contributed by atoms with Crippen LogP contribution >= 0.6 is 11.8 Å². The molecule has 2 fully saturated rings. The van der Waals surface area contributed by atoms with Gasteiger partial charge in [-0.25, -0.2) is 0 Å². The molecule has 0 saturated heterocycles. The molecule has 2 aliphatic rings. The smallest absolute Gasteiger partial charge is 0.223 e. The van der Waals surface area contributed by atoms with Crippen molar-refractivity contribution >= 4 is 17.7 Å². The number of hydrogen-bond donors (Lipinski definition) is 1. The topological polar surface area (TPSA) is 59.8 Å². The van der Waals surface area contributed by atoms with Crippen LogP contribution in [-0.2, 0) is 11.2 Å². The highest BCUT2D eigenvalue weighted by molar-refractivity contribution is 7.98. The second kappa shape index (κ2) is 6.81. The fraction of sp³-hybridized carbons (Fsp3) is 0.800. The minimum atomic E-state index is 0.233. The zero-order valence-corrected chi connectivity index (χ0v) is 13.5. The number of rotatable bonds is 7. The lowest BCUT2D eigenvalue weighted by Crippen LogP contribution is -2.26. The van der Waals surface area contributed by atoms with Crippen molar-refractivity contribution in [2.75, 3.05) is 12.8 Å². The molecule has 0 aromatic carbocycles. The van der Waals surface area contributed by atoms with E-state index in [0.29, 0.717) is 12.0 Å². The minimum absolute atomic E-state index is 0.233. The highest BCUT2D eigenvalue weighted by Gasteiger charge is 2.29. The van der Waals surface area contributed by atoms with Gasteiger partial charge >= 0.3 is 0 Å². The van der Waals surface area contributed by atoms with Crippen molar-refractivity contribution in [2.45, 2.75) is 62.6 Å². The zero-order valence-electron chi connectivity index (χ0n) is 12.7. The van der Waals surface area contributed by atoms with Crippen LogP contribution in [0.1, 0.15) is 56.8 Å². The van der Waals surface area contributed by atoms with Crippen molar-refractivity contribution in [3.8, 4) is 0 Å². The van der Waals surface area contributed by atoms with Crippen molar-refractivity contribution in [2.24, 2.45) is 5.92 Å². The van der Waals surface area contributed by atoms with Crippen LogP contribution < -0.4 is 5.32 Å². The molecule has 0 aliphatic heterocycles. The molecule has 116 valence electrons. The lowest BCUT2D eigenvalue weighted by molar-refractivity contribution is -0.122. The summed E-state index contributed by atoms with van der Waals surface area (Å²) in [6, 6.07) is 0.582. The molecular formula is C15H24N4OS. The van der Waals surface area contributed by atoms with Gasteiger partial charge in [-0.1, -0.05) is 24.6 Å². The Kier molecular flexibility index (Phi) is 4.83. The van der Waals surface area contributed by atoms with Gasteiger partial charge in [0.2, 0.25) is 5.91 Å². The van der Waals surface area contributed by atoms with Crippen LogP contribution in [0.3, 0.4) is 0 Å². The largest absolute Gasteiger partial charge is 0.356 e. The fourth-order valence-corrected chi connectivity index (χ4v) is 3.67. The summed E-state index contributed by atoms with van der Waals surface area (Å²) < 4.78 is 2.35. The molecule has 1 aromatic heterocycles. The molecule has 0 unspecified atom stereocenters. The molecule has 3 rings (SSSR count). The third-order valence-corrected chi connectivity index (χ3v) is 5.08. The Morgan fingerprint density at radius 2 is 2.05 bits per heavy atom. The number of amides is 1. The van der Waals surface area contributed by atoms with Gasteiger partial charge in [0, 0.05) is 24.9 Å². The normalized spacial score (nSPS) is 19.1. The van der Waals surface area contributed by atoms with Crippen molar-refractivity contribution in [1.29, 1.82) is 0 Å². The number of carbonyl (C=O) groups is 1. The van der Waals surface area contributed by atoms with E-state index >= 15 is 0 Å². The SMILES string of the molecule is CSc1nnc(CCCNC(=O)C2CC2)n1C1CCCC1. The predicted molar refractivity (Wildman–Crippen MR) is 83.4 cm³/mol. The van der Waals surface area contributed by atoms with E-state index in [-0.39, 0.29) is 5.91 Å². The quantitative estimate of drug-likeness (QED) is 0.621. The highest BCUT2D eigenvalue weighted by atomic mass is 32.2. The highest BCUT2D eigenvalue weighted by Crippen LogP contribution is 2.33. The van der Waals surface area contributed by atoms with E-state index in [0.717, 1.165) is 43.2 Å². The third kappa shape index (κ3) is 3.59. The average Bonchev–Trinajstić information content (AvgIpc) is 3.06. The Morgan fingerprint density at radius 1 is 1.29 bits per heavy atom. The first-order chi connectivity index (χ1) is 10.3. The second-order valence-electron chi connectivity index (χ2n) is 6.08. The van der Waals surface area contributed by atoms with Crippen LogP contribution in [0.4, 0.5) is 0 Å². The molecule has 0 spiro atoms. The van der Waals surface area contributed by atoms with Crippen LogP contribution in [0.15, 0.2) is 5.16 Å². The summed E-state index contributed by atoms with van der Waals surface area (Å²) in [4.78, 5) is 11.6. The molecule has 2 aliphatic carbocycles. The van der Waals surface area contributed by atoms with Gasteiger partial charge in [0.05, 0.1) is 0 Å². The number of nitrogens with zero attached hydrogens (tertiary/aromatic N) is 3. The van der Waals surface area contributed by atoms with Gasteiger partial charge < -0.3 is 9.88 Å². The monoisotopic (exact) mass is 308 g/mol. The van der Waals surface area contributed by atoms with E-state index < -0.39 is 0 Å². The Balaban J connectivity index is 1.54. The maximum absolute atomic E-state index is 11.6. The summed E-state index contributed by atoms with van der Waals surface area (Å²) in [5.41, 5.74) is 0. The zero-order chi connectivity index (χ0) is 14.7. The van der Waals surface area contributed by atoms with Gasteiger partial charge in [-0.15, -0.1) is 10.2 Å². The first-order valence-corrected chi connectivity index (χ1v) is 9.27. The molecule has 1 aromatic rings. The van der Waals surface area contributed by atoms with Crippen LogP contribution in [0, 0.1) is 5.92 Å². The molecule has 1 N–H and O–H groups in total. The number of carbonyl (C=O) groups excluding carboxylic acids is 1. The standard InChI is InChI=1S/C15H24N4OS/c1-21-15-18-17-13(19(15)12-5-2-3-6-12)7-4-10-16-14(20)11-8-9-11/h11-12H,2-10H2,1H3,(H,16,20). The summed E-state index contributed by atoms with van der Waals surface area (Å²) in [5.74, 6) is 1.62. The summed E-state index contributed by atoms with van der Waals surface area (Å²) in [7, 11) is 0. The molecule has 2 saturated carbocycles. The summed E-state index contributed by atoms with van der Waals surface area (Å²) in [5, 5.41) is 12.8. The molecule has 0 bridgehead atoms. The van der Waals surface area contributed by atoms with Crippen molar-refractivity contribution in [3.05, 3.63) is 5.82 Å². The molecule has 1 heterocycles. The number of aromatic nitrogens is 3. The molecule has 21 heavy (non-hydrogen) atoms. The van der Waals surface area contributed by atoms with Gasteiger partial charge in [0.15, 0.2) is 5.16 Å². The van der Waals surface area contributed by atoms with Gasteiger partial charge in [-0.05, 0) is 38.4 Å². The number of aryl methyl sites for hydroxylation is 1. The molecule has 5 nitrogen and oxygen atoms in total. The van der Waals surface area contributed by atoms with Crippen LogP contribution in [0.25, 0.3) is 0 Å². The fourth-order valence-electron chi connectivity index (χ4n) is 3.09. The maximum Gasteiger partial charge on any atom is 0.223 e. The minimum Gasteiger partial charge on any atom is -0.356 e. The van der Waals surface area contributed by atoms with E-state index in [9.17, 15) is 4.79 Å². The summed E-state index contributed by atoms with van der Waals surface area (Å²) >= 11 is 1.68. The van der Waals surface area contributed by atoms with Crippen LogP contribution in [0.5, 0.6) is 0 Å². The molecule has 6 heteroatoms. The van der Waals surface area contributed by atoms with Crippen LogP contribution in [0.2, 0.25) is 0 Å². The van der Waals surface area contributed by atoms with E-state index in [4.69, 9.17) is 0 Å². The van der Waals surface area contributed by atoms with Crippen molar-refractivity contribution < 1.29 is 4.79 Å². The molecule has 0 atom stereocenters. The van der Waals surface area contributed by atoms with E-state index in [1.807, 2.05) is 0 Å². The van der Waals surface area contributed by atoms with Crippen LogP contribution in [-0.4, -0.2) is 33.5 Å². The number of thioether (sulfide) groups is 1. The average molecular weight is 308 g/mol. The molecular weight excluding hydrogens is 284 g/mol. The van der Waals surface area contributed by atoms with E-state index in [1.165, 1.54) is 25.7 Å². The van der Waals surface area contributed by atoms with Crippen molar-refractivity contribution in [3.63, 3.8) is 0 Å². The van der Waals surface area contributed by atoms with Gasteiger partial charge in [0.1, 0.15) is 5.82 Å². The number of hydrogen-bond acceptors (Lipinski definition) is 4.